The molecule has 20 heavy (non-hydrogen) atoms. The molecule has 2 atom stereocenters. The Kier molecular flexibility index (Phi) is 4.25. The standard InChI is InChI=1S/C15H21ClN2O2/c1-10-7-18(9-15(10,2)8-17)14(19)12-5-4-11(16)6-13(12)20-3/h4-6,10H,7-9,17H2,1-3H3/t10-,15-/m1/s1. The minimum absolute atomic E-state index is 0.0185. The molecule has 1 fully saturated rings. The molecule has 0 unspecified atom stereocenters. The topological polar surface area (TPSA) is 55.6 Å². The Labute approximate surface area is 124 Å². The fraction of sp³-hybridized carbons (Fsp3) is 0.533. The molecular formula is C15H21ClN2O2. The van der Waals surface area contributed by atoms with E-state index in [4.69, 9.17) is 22.1 Å². The van der Waals surface area contributed by atoms with Crippen LogP contribution in [0.25, 0.3) is 0 Å². The van der Waals surface area contributed by atoms with Gasteiger partial charge in [-0.05, 0) is 30.7 Å². The first-order valence-electron chi connectivity index (χ1n) is 6.74. The number of methoxy groups -OCH3 is 1. The summed E-state index contributed by atoms with van der Waals surface area (Å²) in [6.45, 7) is 6.24. The summed E-state index contributed by atoms with van der Waals surface area (Å²) in [4.78, 5) is 14.5. The summed E-state index contributed by atoms with van der Waals surface area (Å²) in [5.41, 5.74) is 6.38. The molecule has 1 saturated heterocycles. The molecule has 5 heteroatoms. The van der Waals surface area contributed by atoms with Gasteiger partial charge < -0.3 is 15.4 Å². The van der Waals surface area contributed by atoms with E-state index >= 15 is 0 Å². The number of carbonyl (C=O) groups is 1. The van der Waals surface area contributed by atoms with Crippen LogP contribution in [-0.4, -0.2) is 37.6 Å². The van der Waals surface area contributed by atoms with Gasteiger partial charge in [-0.15, -0.1) is 0 Å². The van der Waals surface area contributed by atoms with Gasteiger partial charge in [-0.25, -0.2) is 0 Å². The largest absolute Gasteiger partial charge is 0.496 e. The van der Waals surface area contributed by atoms with E-state index in [1.54, 1.807) is 25.3 Å². The van der Waals surface area contributed by atoms with Crippen LogP contribution in [0.5, 0.6) is 5.75 Å². The molecule has 0 aromatic heterocycles. The van der Waals surface area contributed by atoms with Crippen LogP contribution in [0.15, 0.2) is 18.2 Å². The molecular weight excluding hydrogens is 276 g/mol. The number of hydrogen-bond acceptors (Lipinski definition) is 3. The lowest BCUT2D eigenvalue weighted by molar-refractivity contribution is 0.0773. The van der Waals surface area contributed by atoms with Gasteiger partial charge in [0.25, 0.3) is 5.91 Å². The Morgan fingerprint density at radius 3 is 2.85 bits per heavy atom. The van der Waals surface area contributed by atoms with Gasteiger partial charge in [0.1, 0.15) is 5.75 Å². The molecule has 2 rings (SSSR count). The summed E-state index contributed by atoms with van der Waals surface area (Å²) in [7, 11) is 1.54. The molecule has 0 aliphatic carbocycles. The van der Waals surface area contributed by atoms with Crippen LogP contribution in [0, 0.1) is 11.3 Å². The highest BCUT2D eigenvalue weighted by Gasteiger charge is 2.41. The number of nitrogens with zero attached hydrogens (tertiary/aromatic N) is 1. The number of benzene rings is 1. The number of halogens is 1. The average molecular weight is 297 g/mol. The van der Waals surface area contributed by atoms with Crippen molar-refractivity contribution in [1.29, 1.82) is 0 Å². The SMILES string of the molecule is COc1cc(Cl)ccc1C(=O)N1C[C@@H](C)[C@](C)(CN)C1. The van der Waals surface area contributed by atoms with Crippen molar-refractivity contribution in [3.63, 3.8) is 0 Å². The van der Waals surface area contributed by atoms with Crippen LogP contribution in [0.4, 0.5) is 0 Å². The predicted molar refractivity (Wildman–Crippen MR) is 80.2 cm³/mol. The molecule has 2 N–H and O–H groups in total. The molecule has 0 saturated carbocycles. The molecule has 0 bridgehead atoms. The molecule has 1 amide bonds. The van der Waals surface area contributed by atoms with Crippen LogP contribution in [0.3, 0.4) is 0 Å². The zero-order valence-corrected chi connectivity index (χ0v) is 12.9. The van der Waals surface area contributed by atoms with Crippen LogP contribution < -0.4 is 10.5 Å². The number of carbonyl (C=O) groups excluding carboxylic acids is 1. The van der Waals surface area contributed by atoms with Gasteiger partial charge in [-0.2, -0.15) is 0 Å². The Morgan fingerprint density at radius 1 is 1.60 bits per heavy atom. The van der Waals surface area contributed by atoms with Gasteiger partial charge in [0.2, 0.25) is 0 Å². The average Bonchev–Trinajstić information content (AvgIpc) is 2.74. The number of amides is 1. The third-order valence-corrected chi connectivity index (χ3v) is 4.62. The van der Waals surface area contributed by atoms with E-state index in [0.29, 0.717) is 35.3 Å². The van der Waals surface area contributed by atoms with Crippen LogP contribution in [0.2, 0.25) is 5.02 Å². The molecule has 110 valence electrons. The second-order valence-electron chi connectivity index (χ2n) is 5.79. The lowest BCUT2D eigenvalue weighted by atomic mass is 9.81. The van der Waals surface area contributed by atoms with Crippen LogP contribution in [0.1, 0.15) is 24.2 Å². The summed E-state index contributed by atoms with van der Waals surface area (Å²) in [6.07, 6.45) is 0. The maximum absolute atomic E-state index is 12.6. The van der Waals surface area contributed by atoms with Crippen molar-refractivity contribution in [2.45, 2.75) is 13.8 Å². The van der Waals surface area contributed by atoms with E-state index < -0.39 is 0 Å². The second kappa shape index (κ2) is 5.62. The highest BCUT2D eigenvalue weighted by molar-refractivity contribution is 6.30. The zero-order chi connectivity index (χ0) is 14.9. The first-order valence-corrected chi connectivity index (χ1v) is 7.12. The van der Waals surface area contributed by atoms with E-state index in [0.717, 1.165) is 6.54 Å². The Balaban J connectivity index is 2.25. The van der Waals surface area contributed by atoms with Crippen LogP contribution in [-0.2, 0) is 0 Å². The van der Waals surface area contributed by atoms with E-state index in [1.807, 2.05) is 4.90 Å². The van der Waals surface area contributed by atoms with Gasteiger partial charge in [0.05, 0.1) is 12.7 Å². The molecule has 0 radical (unpaired) electrons. The minimum Gasteiger partial charge on any atom is -0.496 e. The molecule has 1 heterocycles. The number of likely N-dealkylation sites (tertiary alicyclic amines) is 1. The summed E-state index contributed by atoms with van der Waals surface area (Å²) in [5, 5.41) is 0.556. The maximum Gasteiger partial charge on any atom is 0.257 e. The highest BCUT2D eigenvalue weighted by atomic mass is 35.5. The molecule has 1 aliphatic rings. The molecule has 0 spiro atoms. The fourth-order valence-corrected chi connectivity index (χ4v) is 2.80. The lowest BCUT2D eigenvalue weighted by Gasteiger charge is -2.26. The van der Waals surface area contributed by atoms with Crippen molar-refractivity contribution >= 4 is 17.5 Å². The predicted octanol–water partition coefficient (Wildman–Crippen LogP) is 2.41. The van der Waals surface area contributed by atoms with Crippen molar-refractivity contribution in [3.05, 3.63) is 28.8 Å². The number of ether oxygens (including phenoxy) is 1. The molecule has 1 aromatic carbocycles. The monoisotopic (exact) mass is 296 g/mol. The summed E-state index contributed by atoms with van der Waals surface area (Å²) >= 11 is 5.93. The summed E-state index contributed by atoms with van der Waals surface area (Å²) < 4.78 is 5.26. The molecule has 4 nitrogen and oxygen atoms in total. The van der Waals surface area contributed by atoms with Gasteiger partial charge in [0.15, 0.2) is 0 Å². The highest BCUT2D eigenvalue weighted by Crippen LogP contribution is 2.36. The summed E-state index contributed by atoms with van der Waals surface area (Å²) in [5.74, 6) is 0.869. The third kappa shape index (κ3) is 2.63. The first kappa shape index (κ1) is 15.1. The quantitative estimate of drug-likeness (QED) is 0.932. The molecule has 1 aromatic rings. The van der Waals surface area contributed by atoms with Gasteiger partial charge >= 0.3 is 0 Å². The van der Waals surface area contributed by atoms with Crippen molar-refractivity contribution in [3.8, 4) is 5.75 Å². The van der Waals surface area contributed by atoms with Gasteiger partial charge in [-0.1, -0.05) is 25.4 Å². The minimum atomic E-state index is -0.0254. The number of nitrogens with two attached hydrogens (primary N) is 1. The van der Waals surface area contributed by atoms with Crippen molar-refractivity contribution in [2.75, 3.05) is 26.7 Å². The normalized spacial score (nSPS) is 25.9. The smallest absolute Gasteiger partial charge is 0.257 e. The van der Waals surface area contributed by atoms with Crippen molar-refractivity contribution < 1.29 is 9.53 Å². The molecule has 1 aliphatic heterocycles. The fourth-order valence-electron chi connectivity index (χ4n) is 2.64. The lowest BCUT2D eigenvalue weighted by Crippen LogP contribution is -2.36. The zero-order valence-electron chi connectivity index (χ0n) is 12.1. The summed E-state index contributed by atoms with van der Waals surface area (Å²) in [6, 6.07) is 5.08. The Hall–Kier alpha value is -1.26. The number of hydrogen-bond donors (Lipinski definition) is 1. The van der Waals surface area contributed by atoms with E-state index in [2.05, 4.69) is 13.8 Å². The van der Waals surface area contributed by atoms with Gasteiger partial charge in [0, 0.05) is 23.5 Å². The van der Waals surface area contributed by atoms with Crippen LogP contribution >= 0.6 is 11.6 Å². The third-order valence-electron chi connectivity index (χ3n) is 4.38. The first-order chi connectivity index (χ1) is 9.41. The van der Waals surface area contributed by atoms with Gasteiger partial charge in [-0.3, -0.25) is 4.79 Å². The van der Waals surface area contributed by atoms with Crippen molar-refractivity contribution in [1.82, 2.24) is 4.90 Å². The van der Waals surface area contributed by atoms with E-state index in [-0.39, 0.29) is 11.3 Å². The Morgan fingerprint density at radius 2 is 2.30 bits per heavy atom. The van der Waals surface area contributed by atoms with E-state index in [1.165, 1.54) is 0 Å². The number of rotatable bonds is 3. The maximum atomic E-state index is 12.6. The second-order valence-corrected chi connectivity index (χ2v) is 6.23. The Bertz CT molecular complexity index is 521. The van der Waals surface area contributed by atoms with E-state index in [9.17, 15) is 4.79 Å². The van der Waals surface area contributed by atoms with Crippen molar-refractivity contribution in [2.24, 2.45) is 17.1 Å².